The van der Waals surface area contributed by atoms with Gasteiger partial charge in [0, 0.05) is 0 Å². The predicted molar refractivity (Wildman–Crippen MR) is 99.2 cm³/mol. The molecule has 104 valence electrons. The molecule has 3 rings (SSSR count). The first-order chi connectivity index (χ1) is 11.3. The van der Waals surface area contributed by atoms with Crippen LogP contribution < -0.4 is 0 Å². The van der Waals surface area contributed by atoms with Crippen LogP contribution in [-0.2, 0) is 0 Å². The molecule has 3 aromatic rings. The van der Waals surface area contributed by atoms with E-state index < -0.39 is 0 Å². The average molecular weight is 284 g/mol. The fourth-order valence-corrected chi connectivity index (χ4v) is 3.47. The van der Waals surface area contributed by atoms with Crippen molar-refractivity contribution in [1.82, 2.24) is 0 Å². The molecule has 2 unspecified atom stereocenters. The van der Waals surface area contributed by atoms with E-state index in [2.05, 4.69) is 126 Å². The Labute approximate surface area is 157 Å². The summed E-state index contributed by atoms with van der Waals surface area (Å²) in [6.07, 6.45) is 0. The first-order valence-electron chi connectivity index (χ1n) is 8.42. The van der Waals surface area contributed by atoms with E-state index in [-0.39, 0.29) is 0 Å². The molecule has 3 aromatic carbocycles. The van der Waals surface area contributed by atoms with E-state index in [9.17, 15) is 0 Å². The van der Waals surface area contributed by atoms with Crippen molar-refractivity contribution in [2.45, 2.75) is 15.1 Å². The van der Waals surface area contributed by atoms with E-state index in [1.807, 2.05) is 0 Å². The molecule has 0 aliphatic rings. The zero-order valence-corrected chi connectivity index (χ0v) is 13.9. The summed E-state index contributed by atoms with van der Waals surface area (Å²) >= 11 is 4.72. The first kappa shape index (κ1) is 16.7. The standard InChI is InChI=1S/C21H18.2Li/c1-4-10-18(11-5-1)16-17-21(19-12-6-2-7-13-19)20-14-8-3-9-15-20;;/h1-17,21H;;. The molecule has 0 nitrogen and oxygen atoms in total. The van der Waals surface area contributed by atoms with Gasteiger partial charge in [-0.3, -0.25) is 0 Å². The molecular weight excluding hydrogens is 266 g/mol. The van der Waals surface area contributed by atoms with Crippen molar-refractivity contribution >= 4 is 35.4 Å². The summed E-state index contributed by atoms with van der Waals surface area (Å²) in [5.41, 5.74) is 4.21. The van der Waals surface area contributed by atoms with Crippen LogP contribution in [0.2, 0.25) is 4.59 Å². The minimum atomic E-state index is 0.410. The van der Waals surface area contributed by atoms with Crippen molar-refractivity contribution < 1.29 is 0 Å². The summed E-state index contributed by atoms with van der Waals surface area (Å²) in [6, 6.07) is 32.6. The maximum atomic E-state index is 2.38. The monoisotopic (exact) mass is 284 g/mol. The normalized spacial score (nSPS) is 13.8. The van der Waals surface area contributed by atoms with Gasteiger partial charge in [0.2, 0.25) is 0 Å². The Morgan fingerprint density at radius 1 is 0.478 bits per heavy atom. The van der Waals surface area contributed by atoms with Gasteiger partial charge < -0.3 is 0 Å². The molecule has 2 atom stereocenters. The topological polar surface area (TPSA) is 0 Å². The Kier molecular flexibility index (Phi) is 5.88. The Balaban J connectivity index is 1.98. The zero-order valence-electron chi connectivity index (χ0n) is 13.9. The van der Waals surface area contributed by atoms with Crippen LogP contribution in [0.5, 0.6) is 0 Å². The number of hydrogen-bond acceptors (Lipinski definition) is 0. The van der Waals surface area contributed by atoms with Gasteiger partial charge in [-0.2, -0.15) is 0 Å². The van der Waals surface area contributed by atoms with Gasteiger partial charge in [0.15, 0.2) is 0 Å². The van der Waals surface area contributed by atoms with E-state index in [1.54, 1.807) is 0 Å². The SMILES string of the molecule is [Li][CH](c1ccccc1)[CH]([Li])C(c1ccccc1)c1ccccc1. The third-order valence-corrected chi connectivity index (χ3v) is 4.96. The van der Waals surface area contributed by atoms with Gasteiger partial charge in [-0.15, -0.1) is 0 Å². The van der Waals surface area contributed by atoms with Crippen molar-refractivity contribution in [2.75, 3.05) is 0 Å². The van der Waals surface area contributed by atoms with Gasteiger partial charge in [0.1, 0.15) is 0 Å². The Morgan fingerprint density at radius 3 is 1.22 bits per heavy atom. The third kappa shape index (κ3) is 4.04. The van der Waals surface area contributed by atoms with E-state index in [0.29, 0.717) is 15.1 Å². The number of rotatable bonds is 5. The third-order valence-electron chi connectivity index (χ3n) is 4.96. The summed E-state index contributed by atoms with van der Waals surface area (Å²) in [6.45, 7) is 0. The van der Waals surface area contributed by atoms with Gasteiger partial charge in [-0.25, -0.2) is 0 Å². The molecule has 2 heteroatoms. The Morgan fingerprint density at radius 2 is 0.826 bits per heavy atom. The predicted octanol–water partition coefficient (Wildman–Crippen LogP) is 4.69. The van der Waals surface area contributed by atoms with Crippen LogP contribution in [-0.4, -0.2) is 35.4 Å². The molecule has 0 aromatic heterocycles. The van der Waals surface area contributed by atoms with E-state index in [0.717, 1.165) is 0 Å². The molecule has 23 heavy (non-hydrogen) atoms. The van der Waals surface area contributed by atoms with Crippen LogP contribution in [0, 0.1) is 0 Å². The quantitative estimate of drug-likeness (QED) is 0.596. The van der Waals surface area contributed by atoms with Gasteiger partial charge in [-0.1, -0.05) is 0 Å². The summed E-state index contributed by atoms with van der Waals surface area (Å²) in [5.74, 6) is 0.410. The van der Waals surface area contributed by atoms with Crippen molar-refractivity contribution in [2.24, 2.45) is 0 Å². The van der Waals surface area contributed by atoms with Crippen molar-refractivity contribution in [3.05, 3.63) is 108 Å². The van der Waals surface area contributed by atoms with E-state index >= 15 is 0 Å². The average Bonchev–Trinajstić information content (AvgIpc) is 2.64. The van der Waals surface area contributed by atoms with Crippen LogP contribution in [0.4, 0.5) is 0 Å². The van der Waals surface area contributed by atoms with Crippen LogP contribution in [0.25, 0.3) is 0 Å². The molecule has 0 saturated carbocycles. The minimum absolute atomic E-state index is 0.410. The molecule has 0 saturated heterocycles. The fraction of sp³-hybridized carbons (Fsp3) is 0.143. The van der Waals surface area contributed by atoms with E-state index in [4.69, 9.17) is 0 Å². The second kappa shape index (κ2) is 8.10. The van der Waals surface area contributed by atoms with Gasteiger partial charge in [0.25, 0.3) is 0 Å². The van der Waals surface area contributed by atoms with Crippen LogP contribution in [0.1, 0.15) is 27.2 Å². The molecule has 0 radical (unpaired) electrons. The first-order valence-corrected chi connectivity index (χ1v) is 8.42. The Bertz CT molecular complexity index is 671. The molecule has 0 fully saturated rings. The van der Waals surface area contributed by atoms with Gasteiger partial charge >= 0.3 is 158 Å². The van der Waals surface area contributed by atoms with Crippen molar-refractivity contribution in [3.8, 4) is 0 Å². The summed E-state index contributed by atoms with van der Waals surface area (Å²) in [4.78, 5) is 0. The zero-order chi connectivity index (χ0) is 16.1. The molecule has 0 aliphatic carbocycles. The van der Waals surface area contributed by atoms with Crippen molar-refractivity contribution in [3.63, 3.8) is 0 Å². The van der Waals surface area contributed by atoms with Gasteiger partial charge in [-0.05, 0) is 0 Å². The molecule has 0 N–H and O–H groups in total. The second-order valence-electron chi connectivity index (χ2n) is 6.36. The van der Waals surface area contributed by atoms with E-state index in [1.165, 1.54) is 16.7 Å². The maximum absolute atomic E-state index is 2.38. The summed E-state index contributed by atoms with van der Waals surface area (Å²) in [5, 5.41) is 0. The second-order valence-corrected chi connectivity index (χ2v) is 6.36. The Hall–Kier alpha value is -1.15. The summed E-state index contributed by atoms with van der Waals surface area (Å²) in [7, 11) is 0. The number of hydrogen-bond donors (Lipinski definition) is 0. The fourth-order valence-electron chi connectivity index (χ4n) is 3.47. The molecule has 0 spiro atoms. The molecule has 0 heterocycles. The van der Waals surface area contributed by atoms with Crippen LogP contribution >= 0.6 is 0 Å². The molecule has 0 amide bonds. The molecule has 0 aliphatic heterocycles. The molecule has 0 bridgehead atoms. The number of benzene rings is 3. The van der Waals surface area contributed by atoms with Crippen LogP contribution in [0.3, 0.4) is 0 Å². The summed E-state index contributed by atoms with van der Waals surface area (Å²) < 4.78 is 1.02. The van der Waals surface area contributed by atoms with Crippen LogP contribution in [0.15, 0.2) is 91.0 Å². The van der Waals surface area contributed by atoms with Gasteiger partial charge in [0.05, 0.1) is 0 Å². The molecular formula is C21H18Li2. The van der Waals surface area contributed by atoms with Crippen molar-refractivity contribution in [1.29, 1.82) is 0 Å².